The summed E-state index contributed by atoms with van der Waals surface area (Å²) < 4.78 is 5.35. The number of carbonyl (C=O) groups is 1. The molecule has 0 bridgehead atoms. The molecular formula is C14H29N3O2. The van der Waals surface area contributed by atoms with Crippen molar-refractivity contribution in [2.45, 2.75) is 51.6 Å². The number of rotatable bonds is 7. The van der Waals surface area contributed by atoms with Crippen molar-refractivity contribution in [3.63, 3.8) is 0 Å². The quantitative estimate of drug-likeness (QED) is 0.716. The topological polar surface area (TPSA) is 67.6 Å². The van der Waals surface area contributed by atoms with Gasteiger partial charge in [0.25, 0.3) is 0 Å². The zero-order chi connectivity index (χ0) is 14.3. The summed E-state index contributed by atoms with van der Waals surface area (Å²) in [4.78, 5) is 14.3. The van der Waals surface area contributed by atoms with Crippen LogP contribution in [-0.2, 0) is 9.53 Å². The lowest BCUT2D eigenvalue weighted by Gasteiger charge is -2.41. The average molecular weight is 271 g/mol. The molecular weight excluding hydrogens is 242 g/mol. The summed E-state index contributed by atoms with van der Waals surface area (Å²) in [6, 6.07) is -0.375. The smallest absolute Gasteiger partial charge is 0.236 e. The molecule has 0 aliphatic carbocycles. The minimum Gasteiger partial charge on any atom is -0.379 e. The SMILES string of the molecule is CCCC[C@H](N)C(=O)NCC(C)(C)N1CCOCC1. The summed E-state index contributed by atoms with van der Waals surface area (Å²) in [5.74, 6) is -0.0326. The molecule has 1 atom stereocenters. The van der Waals surface area contributed by atoms with Crippen LogP contribution in [0.25, 0.3) is 0 Å². The van der Waals surface area contributed by atoms with Crippen molar-refractivity contribution in [2.24, 2.45) is 5.73 Å². The first-order valence-electron chi connectivity index (χ1n) is 7.33. The third kappa shape index (κ3) is 5.47. The van der Waals surface area contributed by atoms with Crippen LogP contribution in [0.1, 0.15) is 40.0 Å². The van der Waals surface area contributed by atoms with Crippen molar-refractivity contribution in [1.29, 1.82) is 0 Å². The molecule has 3 N–H and O–H groups in total. The monoisotopic (exact) mass is 271 g/mol. The van der Waals surface area contributed by atoms with Crippen LogP contribution >= 0.6 is 0 Å². The van der Waals surface area contributed by atoms with Gasteiger partial charge in [-0.15, -0.1) is 0 Å². The van der Waals surface area contributed by atoms with Gasteiger partial charge in [-0.1, -0.05) is 19.8 Å². The van der Waals surface area contributed by atoms with Gasteiger partial charge >= 0.3 is 0 Å². The molecule has 0 aromatic heterocycles. The first-order valence-corrected chi connectivity index (χ1v) is 7.33. The van der Waals surface area contributed by atoms with Gasteiger partial charge in [0.05, 0.1) is 19.3 Å². The van der Waals surface area contributed by atoms with E-state index in [0.717, 1.165) is 45.6 Å². The van der Waals surface area contributed by atoms with Gasteiger partial charge < -0.3 is 15.8 Å². The Bertz CT molecular complexity index is 276. The number of carbonyl (C=O) groups excluding carboxylic acids is 1. The normalized spacial score (nSPS) is 19.2. The highest BCUT2D eigenvalue weighted by Gasteiger charge is 2.29. The molecule has 0 saturated carbocycles. The molecule has 1 aliphatic rings. The molecule has 19 heavy (non-hydrogen) atoms. The molecule has 1 saturated heterocycles. The molecule has 1 fully saturated rings. The van der Waals surface area contributed by atoms with E-state index in [1.54, 1.807) is 0 Å². The van der Waals surface area contributed by atoms with Crippen LogP contribution in [0.3, 0.4) is 0 Å². The summed E-state index contributed by atoms with van der Waals surface area (Å²) >= 11 is 0. The number of nitrogens with one attached hydrogen (secondary N) is 1. The van der Waals surface area contributed by atoms with Crippen LogP contribution in [0.2, 0.25) is 0 Å². The average Bonchev–Trinajstić information content (AvgIpc) is 2.43. The van der Waals surface area contributed by atoms with Crippen molar-refractivity contribution in [1.82, 2.24) is 10.2 Å². The Morgan fingerprint density at radius 3 is 2.63 bits per heavy atom. The second-order valence-corrected chi connectivity index (χ2v) is 5.88. The second kappa shape index (κ2) is 7.82. The van der Waals surface area contributed by atoms with Gasteiger partial charge in [-0.05, 0) is 20.3 Å². The maximum atomic E-state index is 11.9. The molecule has 5 nitrogen and oxygen atoms in total. The minimum absolute atomic E-state index is 0.0326. The van der Waals surface area contributed by atoms with E-state index in [9.17, 15) is 4.79 Å². The molecule has 0 aromatic rings. The van der Waals surface area contributed by atoms with Gasteiger partial charge in [0.15, 0.2) is 0 Å². The van der Waals surface area contributed by atoms with E-state index < -0.39 is 0 Å². The number of morpholine rings is 1. The number of hydrogen-bond acceptors (Lipinski definition) is 4. The Hall–Kier alpha value is -0.650. The van der Waals surface area contributed by atoms with E-state index in [2.05, 4.69) is 31.0 Å². The molecule has 1 aliphatic heterocycles. The lowest BCUT2D eigenvalue weighted by Crippen LogP contribution is -2.56. The molecule has 0 aromatic carbocycles. The number of nitrogens with zero attached hydrogens (tertiary/aromatic N) is 1. The Labute approximate surface area is 116 Å². The predicted molar refractivity (Wildman–Crippen MR) is 77.0 cm³/mol. The second-order valence-electron chi connectivity index (χ2n) is 5.88. The predicted octanol–water partition coefficient (Wildman–Crippen LogP) is 0.731. The van der Waals surface area contributed by atoms with E-state index in [0.29, 0.717) is 6.54 Å². The molecule has 112 valence electrons. The third-order valence-electron chi connectivity index (χ3n) is 3.77. The lowest BCUT2D eigenvalue weighted by molar-refractivity contribution is -0.123. The van der Waals surface area contributed by atoms with Crippen molar-refractivity contribution in [3.8, 4) is 0 Å². The molecule has 0 radical (unpaired) electrons. The van der Waals surface area contributed by atoms with Crippen LogP contribution in [0.15, 0.2) is 0 Å². The highest BCUT2D eigenvalue weighted by Crippen LogP contribution is 2.15. The number of amides is 1. The largest absolute Gasteiger partial charge is 0.379 e. The number of unbranched alkanes of at least 4 members (excludes halogenated alkanes) is 1. The van der Waals surface area contributed by atoms with E-state index >= 15 is 0 Å². The maximum Gasteiger partial charge on any atom is 0.236 e. The first kappa shape index (κ1) is 16.4. The molecule has 1 amide bonds. The molecule has 1 heterocycles. The van der Waals surface area contributed by atoms with E-state index in [4.69, 9.17) is 10.5 Å². The van der Waals surface area contributed by atoms with E-state index in [1.807, 2.05) is 0 Å². The molecule has 0 spiro atoms. The zero-order valence-corrected chi connectivity index (χ0v) is 12.6. The van der Waals surface area contributed by atoms with Crippen molar-refractivity contribution in [3.05, 3.63) is 0 Å². The Balaban J connectivity index is 2.34. The third-order valence-corrected chi connectivity index (χ3v) is 3.77. The fraction of sp³-hybridized carbons (Fsp3) is 0.929. The summed E-state index contributed by atoms with van der Waals surface area (Å²) in [6.07, 6.45) is 2.84. The van der Waals surface area contributed by atoms with Crippen LogP contribution in [0, 0.1) is 0 Å². The van der Waals surface area contributed by atoms with Crippen molar-refractivity contribution >= 4 is 5.91 Å². The first-order chi connectivity index (χ1) is 8.97. The Morgan fingerprint density at radius 2 is 2.05 bits per heavy atom. The van der Waals surface area contributed by atoms with Crippen LogP contribution in [0.5, 0.6) is 0 Å². The van der Waals surface area contributed by atoms with Gasteiger partial charge in [-0.2, -0.15) is 0 Å². The van der Waals surface area contributed by atoms with Gasteiger partial charge in [0, 0.05) is 25.2 Å². The Morgan fingerprint density at radius 1 is 1.42 bits per heavy atom. The molecule has 5 heteroatoms. The number of nitrogens with two attached hydrogens (primary N) is 1. The number of hydrogen-bond donors (Lipinski definition) is 2. The summed E-state index contributed by atoms with van der Waals surface area (Å²) in [5, 5.41) is 2.98. The van der Waals surface area contributed by atoms with Gasteiger partial charge in [-0.25, -0.2) is 0 Å². The van der Waals surface area contributed by atoms with Gasteiger partial charge in [0.2, 0.25) is 5.91 Å². The van der Waals surface area contributed by atoms with Gasteiger partial charge in [0.1, 0.15) is 0 Å². The van der Waals surface area contributed by atoms with Crippen molar-refractivity contribution < 1.29 is 9.53 Å². The molecule has 1 rings (SSSR count). The summed E-state index contributed by atoms with van der Waals surface area (Å²) in [5.41, 5.74) is 5.81. The summed E-state index contributed by atoms with van der Waals surface area (Å²) in [7, 11) is 0. The molecule has 0 unspecified atom stereocenters. The fourth-order valence-electron chi connectivity index (χ4n) is 2.27. The van der Waals surface area contributed by atoms with E-state index in [1.165, 1.54) is 0 Å². The van der Waals surface area contributed by atoms with Crippen molar-refractivity contribution in [2.75, 3.05) is 32.8 Å². The highest BCUT2D eigenvalue weighted by molar-refractivity contribution is 5.81. The fourth-order valence-corrected chi connectivity index (χ4v) is 2.27. The lowest BCUT2D eigenvalue weighted by atomic mass is 10.0. The van der Waals surface area contributed by atoms with Gasteiger partial charge in [-0.3, -0.25) is 9.69 Å². The minimum atomic E-state index is -0.375. The number of ether oxygens (including phenoxy) is 1. The van der Waals surface area contributed by atoms with Crippen LogP contribution < -0.4 is 11.1 Å². The standard InChI is InChI=1S/C14H29N3O2/c1-4-5-6-12(15)13(18)16-11-14(2,3)17-7-9-19-10-8-17/h12H,4-11,15H2,1-3H3,(H,16,18)/t12-/m0/s1. The maximum absolute atomic E-state index is 11.9. The zero-order valence-electron chi connectivity index (χ0n) is 12.6. The summed E-state index contributed by atoms with van der Waals surface area (Å²) in [6.45, 7) is 10.4. The van der Waals surface area contributed by atoms with Crippen LogP contribution in [-0.4, -0.2) is 55.2 Å². The van der Waals surface area contributed by atoms with E-state index in [-0.39, 0.29) is 17.5 Å². The highest BCUT2D eigenvalue weighted by atomic mass is 16.5. The van der Waals surface area contributed by atoms with Crippen LogP contribution in [0.4, 0.5) is 0 Å². The Kier molecular flexibility index (Phi) is 6.75.